The third-order valence-electron chi connectivity index (χ3n) is 1.81. The molecule has 0 unspecified atom stereocenters. The minimum atomic E-state index is -0.352. The van der Waals surface area contributed by atoms with Gasteiger partial charge in [-0.15, -0.1) is 11.3 Å². The van der Waals surface area contributed by atoms with Crippen molar-refractivity contribution >= 4 is 21.4 Å². The van der Waals surface area contributed by atoms with Crippen molar-refractivity contribution < 1.29 is 9.50 Å². The number of rotatable bonds is 0. The first kappa shape index (κ1) is 7.55. The molecule has 2 aromatic rings. The molecule has 0 bridgehead atoms. The standard InChI is InChI=1S/C9H7FOS/c1-5-9(11)8-6(10)3-2-4-7(8)12-5/h2-4,11H,1H3. The molecule has 1 aromatic heterocycles. The van der Waals surface area contributed by atoms with Gasteiger partial charge in [0.15, 0.2) is 0 Å². The van der Waals surface area contributed by atoms with Crippen LogP contribution in [-0.2, 0) is 0 Å². The van der Waals surface area contributed by atoms with E-state index in [-0.39, 0.29) is 11.6 Å². The van der Waals surface area contributed by atoms with Crippen LogP contribution in [0.4, 0.5) is 4.39 Å². The van der Waals surface area contributed by atoms with Gasteiger partial charge in [-0.3, -0.25) is 0 Å². The van der Waals surface area contributed by atoms with Crippen molar-refractivity contribution in [3.8, 4) is 5.75 Å². The number of hydrogen-bond donors (Lipinski definition) is 1. The zero-order valence-electron chi connectivity index (χ0n) is 6.47. The summed E-state index contributed by atoms with van der Waals surface area (Å²) in [6, 6.07) is 4.80. The molecule has 0 aliphatic heterocycles. The minimum Gasteiger partial charge on any atom is -0.506 e. The van der Waals surface area contributed by atoms with E-state index in [2.05, 4.69) is 0 Å². The number of fused-ring (bicyclic) bond motifs is 1. The molecule has 62 valence electrons. The van der Waals surface area contributed by atoms with Crippen molar-refractivity contribution in [2.24, 2.45) is 0 Å². The van der Waals surface area contributed by atoms with Crippen LogP contribution >= 0.6 is 11.3 Å². The van der Waals surface area contributed by atoms with E-state index in [1.165, 1.54) is 17.4 Å². The first-order valence-corrected chi connectivity index (χ1v) is 4.38. The molecule has 0 atom stereocenters. The summed E-state index contributed by atoms with van der Waals surface area (Å²) in [6.45, 7) is 1.78. The molecule has 0 amide bonds. The Morgan fingerprint density at radius 3 is 2.83 bits per heavy atom. The molecule has 0 aliphatic rings. The topological polar surface area (TPSA) is 20.2 Å². The minimum absolute atomic E-state index is 0.0769. The van der Waals surface area contributed by atoms with Gasteiger partial charge in [0.05, 0.1) is 5.39 Å². The normalized spacial score (nSPS) is 10.8. The molecular formula is C9H7FOS. The first-order chi connectivity index (χ1) is 5.70. The molecule has 2 rings (SSSR count). The van der Waals surface area contributed by atoms with Gasteiger partial charge in [-0.25, -0.2) is 4.39 Å². The highest BCUT2D eigenvalue weighted by atomic mass is 32.1. The molecule has 3 heteroatoms. The lowest BCUT2D eigenvalue weighted by Crippen LogP contribution is -1.72. The fourth-order valence-corrected chi connectivity index (χ4v) is 2.18. The maximum atomic E-state index is 13.1. The predicted molar refractivity (Wildman–Crippen MR) is 48.2 cm³/mol. The second-order valence-corrected chi connectivity index (χ2v) is 3.88. The van der Waals surface area contributed by atoms with Gasteiger partial charge in [-0.2, -0.15) is 0 Å². The Bertz CT molecular complexity index is 433. The molecule has 0 saturated heterocycles. The number of halogens is 1. The van der Waals surface area contributed by atoms with Gasteiger partial charge in [0, 0.05) is 9.58 Å². The van der Waals surface area contributed by atoms with Crippen molar-refractivity contribution in [3.05, 3.63) is 28.9 Å². The summed E-state index contributed by atoms with van der Waals surface area (Å²) in [7, 11) is 0. The van der Waals surface area contributed by atoms with E-state index in [1.54, 1.807) is 19.1 Å². The highest BCUT2D eigenvalue weighted by molar-refractivity contribution is 7.19. The zero-order valence-corrected chi connectivity index (χ0v) is 7.28. The first-order valence-electron chi connectivity index (χ1n) is 3.56. The van der Waals surface area contributed by atoms with Gasteiger partial charge in [0.1, 0.15) is 11.6 Å². The summed E-state index contributed by atoms with van der Waals surface area (Å²) in [5.74, 6) is -0.276. The molecule has 12 heavy (non-hydrogen) atoms. The average molecular weight is 182 g/mol. The van der Waals surface area contributed by atoms with Crippen molar-refractivity contribution in [3.63, 3.8) is 0 Å². The molecule has 1 aromatic carbocycles. The van der Waals surface area contributed by atoms with Gasteiger partial charge >= 0.3 is 0 Å². The summed E-state index contributed by atoms with van der Waals surface area (Å²) in [5, 5.41) is 9.80. The van der Waals surface area contributed by atoms with Crippen LogP contribution in [0.25, 0.3) is 10.1 Å². The number of aromatic hydroxyl groups is 1. The maximum absolute atomic E-state index is 13.1. The molecule has 0 aliphatic carbocycles. The van der Waals surface area contributed by atoms with E-state index in [4.69, 9.17) is 0 Å². The third-order valence-corrected chi connectivity index (χ3v) is 2.87. The average Bonchev–Trinajstić information content (AvgIpc) is 2.29. The van der Waals surface area contributed by atoms with Crippen molar-refractivity contribution in [2.45, 2.75) is 6.92 Å². The smallest absolute Gasteiger partial charge is 0.139 e. The summed E-state index contributed by atoms with van der Waals surface area (Å²) < 4.78 is 13.9. The zero-order chi connectivity index (χ0) is 8.72. The highest BCUT2D eigenvalue weighted by Crippen LogP contribution is 2.37. The Kier molecular flexibility index (Phi) is 1.54. The SMILES string of the molecule is Cc1sc2cccc(F)c2c1O. The van der Waals surface area contributed by atoms with Crippen LogP contribution in [-0.4, -0.2) is 5.11 Å². The predicted octanol–water partition coefficient (Wildman–Crippen LogP) is 3.05. The Balaban J connectivity index is 2.97. The van der Waals surface area contributed by atoms with Crippen LogP contribution in [0.3, 0.4) is 0 Å². The van der Waals surface area contributed by atoms with Crippen LogP contribution in [0.15, 0.2) is 18.2 Å². The van der Waals surface area contributed by atoms with Crippen LogP contribution in [0.5, 0.6) is 5.75 Å². The molecule has 0 spiro atoms. The van der Waals surface area contributed by atoms with E-state index >= 15 is 0 Å². The molecule has 1 heterocycles. The van der Waals surface area contributed by atoms with E-state index in [1.807, 2.05) is 0 Å². The number of aryl methyl sites for hydroxylation is 1. The van der Waals surface area contributed by atoms with Crippen LogP contribution in [0.2, 0.25) is 0 Å². The number of hydrogen-bond acceptors (Lipinski definition) is 2. The Hall–Kier alpha value is -1.09. The van der Waals surface area contributed by atoms with Crippen molar-refractivity contribution in [2.75, 3.05) is 0 Å². The Labute approximate surface area is 73.1 Å². The molecule has 0 fully saturated rings. The lowest BCUT2D eigenvalue weighted by molar-refractivity contribution is 0.477. The molecule has 1 nitrogen and oxygen atoms in total. The van der Waals surface area contributed by atoms with Gasteiger partial charge in [0.2, 0.25) is 0 Å². The number of benzene rings is 1. The second kappa shape index (κ2) is 2.45. The van der Waals surface area contributed by atoms with Crippen molar-refractivity contribution in [1.82, 2.24) is 0 Å². The molecular weight excluding hydrogens is 175 g/mol. The van der Waals surface area contributed by atoms with E-state index < -0.39 is 0 Å². The maximum Gasteiger partial charge on any atom is 0.139 e. The van der Waals surface area contributed by atoms with E-state index in [0.29, 0.717) is 5.39 Å². The van der Waals surface area contributed by atoms with Crippen LogP contribution in [0, 0.1) is 12.7 Å². The van der Waals surface area contributed by atoms with Gasteiger partial charge in [-0.1, -0.05) is 6.07 Å². The van der Waals surface area contributed by atoms with Crippen molar-refractivity contribution in [1.29, 1.82) is 0 Å². The van der Waals surface area contributed by atoms with E-state index in [9.17, 15) is 9.50 Å². The highest BCUT2D eigenvalue weighted by Gasteiger charge is 2.10. The molecule has 1 N–H and O–H groups in total. The van der Waals surface area contributed by atoms with E-state index in [0.717, 1.165) is 9.58 Å². The fourth-order valence-electron chi connectivity index (χ4n) is 1.21. The van der Waals surface area contributed by atoms with Gasteiger partial charge < -0.3 is 5.11 Å². The van der Waals surface area contributed by atoms with Gasteiger partial charge in [-0.05, 0) is 19.1 Å². The lowest BCUT2D eigenvalue weighted by Gasteiger charge is -1.91. The third kappa shape index (κ3) is 0.898. The molecule has 0 saturated carbocycles. The largest absolute Gasteiger partial charge is 0.506 e. The monoisotopic (exact) mass is 182 g/mol. The Morgan fingerprint density at radius 2 is 2.17 bits per heavy atom. The quantitative estimate of drug-likeness (QED) is 0.663. The summed E-state index contributed by atoms with van der Waals surface area (Å²) in [6.07, 6.45) is 0. The summed E-state index contributed by atoms with van der Waals surface area (Å²) >= 11 is 1.40. The van der Waals surface area contributed by atoms with Crippen LogP contribution < -0.4 is 0 Å². The molecule has 0 radical (unpaired) electrons. The van der Waals surface area contributed by atoms with Gasteiger partial charge in [0.25, 0.3) is 0 Å². The summed E-state index contributed by atoms with van der Waals surface area (Å²) in [5.41, 5.74) is 0. The second-order valence-electron chi connectivity index (χ2n) is 2.62. The fraction of sp³-hybridized carbons (Fsp3) is 0.111. The lowest BCUT2D eigenvalue weighted by atomic mass is 10.2. The van der Waals surface area contributed by atoms with Crippen LogP contribution in [0.1, 0.15) is 4.88 Å². The summed E-state index contributed by atoms with van der Waals surface area (Å²) in [4.78, 5) is 0.759. The number of thiophene rings is 1. The Morgan fingerprint density at radius 1 is 1.42 bits per heavy atom.